The molecule has 0 aromatic heterocycles. The molecule has 28 heavy (non-hydrogen) atoms. The van der Waals surface area contributed by atoms with E-state index in [1.54, 1.807) is 12.1 Å². The summed E-state index contributed by atoms with van der Waals surface area (Å²) >= 11 is 4.90. The second-order valence-electron chi connectivity index (χ2n) is 5.43. The standard InChI is InChI=1S/C17H12F4N2O4S/c1-25-15-13(20)11(18)10(12(19)14(15)21)16(24)23-17(28)22-7-2-3-8-9(6-7)27-5-4-26-8/h2-3,6H,4-5H2,1H3,(H2,22,23,24,28). The molecule has 0 saturated heterocycles. The molecule has 0 bridgehead atoms. The summed E-state index contributed by atoms with van der Waals surface area (Å²) < 4.78 is 70.5. The monoisotopic (exact) mass is 416 g/mol. The largest absolute Gasteiger partial charge is 0.491 e. The second-order valence-corrected chi connectivity index (χ2v) is 5.84. The molecule has 0 unspecified atom stereocenters. The molecule has 0 radical (unpaired) electrons. The lowest BCUT2D eigenvalue weighted by Gasteiger charge is -2.19. The molecule has 1 heterocycles. The Balaban J connectivity index is 1.77. The van der Waals surface area contributed by atoms with Crippen LogP contribution in [-0.2, 0) is 0 Å². The van der Waals surface area contributed by atoms with Crippen molar-refractivity contribution in [1.82, 2.24) is 5.32 Å². The van der Waals surface area contributed by atoms with Crippen molar-refractivity contribution in [3.05, 3.63) is 47.0 Å². The van der Waals surface area contributed by atoms with Crippen LogP contribution in [0.15, 0.2) is 18.2 Å². The van der Waals surface area contributed by atoms with Gasteiger partial charge in [0, 0.05) is 11.8 Å². The SMILES string of the molecule is COc1c(F)c(F)c(C(=O)NC(=S)Nc2ccc3c(c2)OCCO3)c(F)c1F. The fourth-order valence-corrected chi connectivity index (χ4v) is 2.65. The van der Waals surface area contributed by atoms with E-state index in [-0.39, 0.29) is 5.11 Å². The van der Waals surface area contributed by atoms with Crippen LogP contribution >= 0.6 is 12.2 Å². The number of anilines is 1. The molecular weight excluding hydrogens is 404 g/mol. The van der Waals surface area contributed by atoms with Crippen molar-refractivity contribution in [2.24, 2.45) is 0 Å². The lowest BCUT2D eigenvalue weighted by Crippen LogP contribution is -2.35. The van der Waals surface area contributed by atoms with Gasteiger partial charge in [-0.15, -0.1) is 0 Å². The van der Waals surface area contributed by atoms with Gasteiger partial charge in [0.05, 0.1) is 7.11 Å². The van der Waals surface area contributed by atoms with E-state index >= 15 is 0 Å². The summed E-state index contributed by atoms with van der Waals surface area (Å²) in [6, 6.07) is 4.68. The molecule has 3 rings (SSSR count). The normalized spacial score (nSPS) is 12.3. The maximum atomic E-state index is 14.0. The summed E-state index contributed by atoms with van der Waals surface area (Å²) in [6.07, 6.45) is 0. The fourth-order valence-electron chi connectivity index (χ4n) is 2.44. The van der Waals surface area contributed by atoms with Crippen LogP contribution in [0.4, 0.5) is 23.2 Å². The van der Waals surface area contributed by atoms with Crippen molar-refractivity contribution in [3.63, 3.8) is 0 Å². The number of fused-ring (bicyclic) bond motifs is 1. The molecule has 11 heteroatoms. The minimum Gasteiger partial charge on any atom is -0.491 e. The topological polar surface area (TPSA) is 68.8 Å². The third-order valence-electron chi connectivity index (χ3n) is 3.68. The number of hydrogen-bond acceptors (Lipinski definition) is 5. The highest BCUT2D eigenvalue weighted by Crippen LogP contribution is 2.33. The predicted octanol–water partition coefficient (Wildman–Crippen LogP) is 3.15. The van der Waals surface area contributed by atoms with Gasteiger partial charge in [-0.25, -0.2) is 8.78 Å². The van der Waals surface area contributed by atoms with E-state index in [1.165, 1.54) is 6.07 Å². The van der Waals surface area contributed by atoms with Gasteiger partial charge in [-0.1, -0.05) is 0 Å². The smallest absolute Gasteiger partial charge is 0.263 e. The van der Waals surface area contributed by atoms with Crippen LogP contribution in [0.1, 0.15) is 10.4 Å². The van der Waals surface area contributed by atoms with Gasteiger partial charge in [0.2, 0.25) is 11.6 Å². The molecule has 0 spiro atoms. The van der Waals surface area contributed by atoms with Crippen LogP contribution < -0.4 is 24.8 Å². The molecule has 1 aliphatic heterocycles. The highest BCUT2D eigenvalue weighted by Gasteiger charge is 2.30. The van der Waals surface area contributed by atoms with Crippen molar-refractivity contribution in [3.8, 4) is 17.2 Å². The Hall–Kier alpha value is -3.08. The zero-order chi connectivity index (χ0) is 20.4. The van der Waals surface area contributed by atoms with Gasteiger partial charge in [0.15, 0.2) is 34.0 Å². The van der Waals surface area contributed by atoms with E-state index in [4.69, 9.17) is 21.7 Å². The Bertz CT molecular complexity index is 942. The molecule has 2 aromatic rings. The predicted molar refractivity (Wildman–Crippen MR) is 93.9 cm³/mol. The average Bonchev–Trinajstić information content (AvgIpc) is 2.67. The van der Waals surface area contributed by atoms with Gasteiger partial charge >= 0.3 is 0 Å². The Labute approximate surface area is 161 Å². The average molecular weight is 416 g/mol. The molecule has 1 amide bonds. The molecule has 0 atom stereocenters. The number of halogens is 4. The van der Waals surface area contributed by atoms with E-state index in [2.05, 4.69) is 10.1 Å². The zero-order valence-electron chi connectivity index (χ0n) is 14.2. The minimum absolute atomic E-state index is 0.352. The van der Waals surface area contributed by atoms with E-state index < -0.39 is 40.5 Å². The van der Waals surface area contributed by atoms with Crippen molar-refractivity contribution >= 4 is 28.9 Å². The second kappa shape index (κ2) is 7.89. The Morgan fingerprint density at radius 3 is 2.25 bits per heavy atom. The molecule has 2 N–H and O–H groups in total. The van der Waals surface area contributed by atoms with Gasteiger partial charge in [0.25, 0.3) is 5.91 Å². The molecule has 0 aliphatic carbocycles. The number of amides is 1. The third kappa shape index (κ3) is 3.65. The van der Waals surface area contributed by atoms with E-state index in [0.29, 0.717) is 30.4 Å². The van der Waals surface area contributed by atoms with Crippen LogP contribution in [0.5, 0.6) is 17.2 Å². The number of carbonyl (C=O) groups excluding carboxylic acids is 1. The maximum Gasteiger partial charge on any atom is 0.263 e. The molecule has 148 valence electrons. The summed E-state index contributed by atoms with van der Waals surface area (Å²) in [5, 5.41) is 4.18. The Kier molecular flexibility index (Phi) is 5.54. The number of rotatable bonds is 3. The first-order valence-corrected chi connectivity index (χ1v) is 8.16. The van der Waals surface area contributed by atoms with Gasteiger partial charge in [-0.3, -0.25) is 10.1 Å². The van der Waals surface area contributed by atoms with E-state index in [9.17, 15) is 22.4 Å². The maximum absolute atomic E-state index is 14.0. The zero-order valence-corrected chi connectivity index (χ0v) is 15.0. The van der Waals surface area contributed by atoms with Crippen molar-refractivity contribution < 1.29 is 36.6 Å². The summed E-state index contributed by atoms with van der Waals surface area (Å²) in [4.78, 5) is 12.1. The van der Waals surface area contributed by atoms with Gasteiger partial charge in [0.1, 0.15) is 18.8 Å². The number of carbonyl (C=O) groups is 1. The summed E-state index contributed by atoms with van der Waals surface area (Å²) in [7, 11) is 0.826. The highest BCUT2D eigenvalue weighted by atomic mass is 32.1. The number of nitrogens with one attached hydrogen (secondary N) is 2. The summed E-state index contributed by atoms with van der Waals surface area (Å²) in [5.41, 5.74) is -1.09. The molecule has 0 saturated carbocycles. The molecule has 1 aliphatic rings. The van der Waals surface area contributed by atoms with E-state index in [0.717, 1.165) is 7.11 Å². The van der Waals surface area contributed by atoms with Crippen LogP contribution in [-0.4, -0.2) is 31.3 Å². The van der Waals surface area contributed by atoms with Crippen LogP contribution in [0.3, 0.4) is 0 Å². The minimum atomic E-state index is -1.91. The lowest BCUT2D eigenvalue weighted by molar-refractivity contribution is 0.0966. The van der Waals surface area contributed by atoms with Crippen LogP contribution in [0.2, 0.25) is 0 Å². The first kappa shape index (κ1) is 19.7. The van der Waals surface area contributed by atoms with Crippen LogP contribution in [0, 0.1) is 23.3 Å². The van der Waals surface area contributed by atoms with Gasteiger partial charge in [-0.2, -0.15) is 8.78 Å². The first-order chi connectivity index (χ1) is 13.3. The van der Waals surface area contributed by atoms with Crippen molar-refractivity contribution in [1.29, 1.82) is 0 Å². The molecule has 6 nitrogen and oxygen atoms in total. The van der Waals surface area contributed by atoms with Crippen molar-refractivity contribution in [2.75, 3.05) is 25.6 Å². The number of hydrogen-bond donors (Lipinski definition) is 2. The van der Waals surface area contributed by atoms with Gasteiger partial charge in [-0.05, 0) is 24.4 Å². The third-order valence-corrected chi connectivity index (χ3v) is 3.89. The number of methoxy groups -OCH3 is 1. The molecule has 2 aromatic carbocycles. The molecule has 0 fully saturated rings. The van der Waals surface area contributed by atoms with E-state index in [1.807, 2.05) is 5.32 Å². The first-order valence-electron chi connectivity index (χ1n) is 7.75. The number of thiocarbonyl (C=S) groups is 1. The quantitative estimate of drug-likeness (QED) is 0.455. The number of ether oxygens (including phenoxy) is 3. The lowest BCUT2D eigenvalue weighted by atomic mass is 10.1. The fraction of sp³-hybridized carbons (Fsp3) is 0.176. The summed E-state index contributed by atoms with van der Waals surface area (Å²) in [6.45, 7) is 0.755. The Morgan fingerprint density at radius 2 is 1.64 bits per heavy atom. The van der Waals surface area contributed by atoms with Gasteiger partial charge < -0.3 is 19.5 Å². The van der Waals surface area contributed by atoms with Crippen molar-refractivity contribution in [2.45, 2.75) is 0 Å². The Morgan fingerprint density at radius 1 is 1.04 bits per heavy atom. The summed E-state index contributed by atoms with van der Waals surface area (Å²) in [5.74, 6) is -9.30. The highest BCUT2D eigenvalue weighted by molar-refractivity contribution is 7.80. The molecular formula is C17H12F4N2O4S. The van der Waals surface area contributed by atoms with Crippen LogP contribution in [0.25, 0.3) is 0 Å². The number of benzene rings is 2.